The Kier molecular flexibility index (Phi) is 6.94. The van der Waals surface area contributed by atoms with Gasteiger partial charge in [-0.05, 0) is 18.6 Å². The van der Waals surface area contributed by atoms with Gasteiger partial charge in [-0.2, -0.15) is 0 Å². The third-order valence-electron chi connectivity index (χ3n) is 2.99. The first-order chi connectivity index (χ1) is 9.68. The zero-order chi connectivity index (χ0) is 15.0. The summed E-state index contributed by atoms with van der Waals surface area (Å²) in [6.07, 6.45) is 0.312. The fourth-order valence-corrected chi connectivity index (χ4v) is 2.09. The third-order valence-corrected chi connectivity index (χ3v) is 2.99. The predicted molar refractivity (Wildman–Crippen MR) is 78.9 cm³/mol. The fraction of sp³-hybridized carbons (Fsp3) is 0.500. The molecule has 20 heavy (non-hydrogen) atoms. The number of nitrogens with zero attached hydrogens (tertiary/aromatic N) is 1. The second-order valence-electron chi connectivity index (χ2n) is 4.44. The molecule has 1 aliphatic heterocycles. The standard InChI is InChI=1S/C14H17NO3.C2H6/c1-11(16)10-12-4-2-3-5-13(12)14(17)15-6-8-18-9-7-15;1-2/h2-5H,6-10H2,1H3;1-2H3. The third kappa shape index (κ3) is 4.46. The van der Waals surface area contributed by atoms with Crippen molar-refractivity contribution in [2.24, 2.45) is 0 Å². The molecule has 0 bridgehead atoms. The first-order valence-corrected chi connectivity index (χ1v) is 7.13. The van der Waals surface area contributed by atoms with Gasteiger partial charge in [0.15, 0.2) is 0 Å². The molecule has 4 nitrogen and oxygen atoms in total. The molecule has 0 saturated carbocycles. The highest BCUT2D eigenvalue weighted by Crippen LogP contribution is 2.14. The van der Waals surface area contributed by atoms with Gasteiger partial charge in [0, 0.05) is 25.1 Å². The maximum Gasteiger partial charge on any atom is 0.254 e. The van der Waals surface area contributed by atoms with Crippen molar-refractivity contribution in [2.45, 2.75) is 27.2 Å². The molecule has 0 unspecified atom stereocenters. The van der Waals surface area contributed by atoms with Gasteiger partial charge >= 0.3 is 0 Å². The second-order valence-corrected chi connectivity index (χ2v) is 4.44. The highest BCUT2D eigenvalue weighted by Gasteiger charge is 2.20. The van der Waals surface area contributed by atoms with Gasteiger partial charge in [-0.3, -0.25) is 9.59 Å². The summed E-state index contributed by atoms with van der Waals surface area (Å²) >= 11 is 0. The summed E-state index contributed by atoms with van der Waals surface area (Å²) < 4.78 is 5.23. The molecule has 1 fully saturated rings. The van der Waals surface area contributed by atoms with Crippen molar-refractivity contribution in [1.82, 2.24) is 4.90 Å². The van der Waals surface area contributed by atoms with E-state index in [1.807, 2.05) is 32.0 Å². The summed E-state index contributed by atoms with van der Waals surface area (Å²) in [5, 5.41) is 0. The normalized spacial score (nSPS) is 14.2. The summed E-state index contributed by atoms with van der Waals surface area (Å²) in [5.41, 5.74) is 1.44. The van der Waals surface area contributed by atoms with Crippen molar-refractivity contribution < 1.29 is 14.3 Å². The number of amides is 1. The first kappa shape index (κ1) is 16.4. The number of benzene rings is 1. The Morgan fingerprint density at radius 1 is 1.15 bits per heavy atom. The molecule has 1 aliphatic rings. The van der Waals surface area contributed by atoms with Crippen LogP contribution in [0.1, 0.15) is 36.7 Å². The molecule has 1 saturated heterocycles. The highest BCUT2D eigenvalue weighted by atomic mass is 16.5. The first-order valence-electron chi connectivity index (χ1n) is 7.13. The van der Waals surface area contributed by atoms with E-state index in [4.69, 9.17) is 4.74 Å². The minimum atomic E-state index is -0.00449. The molecule has 0 aromatic heterocycles. The Morgan fingerprint density at radius 2 is 1.75 bits per heavy atom. The lowest BCUT2D eigenvalue weighted by Crippen LogP contribution is -2.41. The lowest BCUT2D eigenvalue weighted by atomic mass is 10.0. The molecule has 2 rings (SSSR count). The minimum absolute atomic E-state index is 0.00449. The molecule has 0 atom stereocenters. The molecule has 1 aromatic carbocycles. The molecule has 0 spiro atoms. The van der Waals surface area contributed by atoms with Crippen LogP contribution >= 0.6 is 0 Å². The SMILES string of the molecule is CC.CC(=O)Cc1ccccc1C(=O)N1CCOCC1. The number of morpholine rings is 1. The molecule has 1 aromatic rings. The maximum absolute atomic E-state index is 12.4. The van der Waals surface area contributed by atoms with Crippen molar-refractivity contribution in [3.05, 3.63) is 35.4 Å². The monoisotopic (exact) mass is 277 g/mol. The van der Waals surface area contributed by atoms with Gasteiger partial charge in [0.2, 0.25) is 0 Å². The zero-order valence-electron chi connectivity index (χ0n) is 12.5. The van der Waals surface area contributed by atoms with E-state index in [2.05, 4.69) is 0 Å². The Bertz CT molecular complexity index is 451. The average molecular weight is 277 g/mol. The van der Waals surface area contributed by atoms with Crippen LogP contribution in [0.2, 0.25) is 0 Å². The van der Waals surface area contributed by atoms with Crippen molar-refractivity contribution >= 4 is 11.7 Å². The molecule has 0 aliphatic carbocycles. The van der Waals surface area contributed by atoms with Crippen LogP contribution in [0.25, 0.3) is 0 Å². The molecule has 4 heteroatoms. The van der Waals surface area contributed by atoms with Gasteiger partial charge < -0.3 is 9.64 Å². The van der Waals surface area contributed by atoms with E-state index < -0.39 is 0 Å². The molecular formula is C16H23NO3. The van der Waals surface area contributed by atoms with E-state index in [-0.39, 0.29) is 11.7 Å². The van der Waals surface area contributed by atoms with Crippen LogP contribution in [0.4, 0.5) is 0 Å². The van der Waals surface area contributed by atoms with Crippen LogP contribution in [-0.4, -0.2) is 42.9 Å². The topological polar surface area (TPSA) is 46.6 Å². The van der Waals surface area contributed by atoms with E-state index in [1.165, 1.54) is 6.92 Å². The van der Waals surface area contributed by atoms with Gasteiger partial charge in [0.25, 0.3) is 5.91 Å². The lowest BCUT2D eigenvalue weighted by Gasteiger charge is -2.27. The van der Waals surface area contributed by atoms with Crippen LogP contribution in [0.15, 0.2) is 24.3 Å². The highest BCUT2D eigenvalue weighted by molar-refractivity contribution is 5.97. The molecule has 0 radical (unpaired) electrons. The van der Waals surface area contributed by atoms with Gasteiger partial charge in [-0.1, -0.05) is 32.0 Å². The maximum atomic E-state index is 12.4. The van der Waals surface area contributed by atoms with Crippen molar-refractivity contribution in [3.8, 4) is 0 Å². The Labute approximate surface area is 120 Å². The number of Topliss-reactive ketones (excluding diaryl/α,β-unsaturated/α-hetero) is 1. The van der Waals surface area contributed by atoms with Gasteiger partial charge in [0.05, 0.1) is 13.2 Å². The second kappa shape index (κ2) is 8.48. The fourth-order valence-electron chi connectivity index (χ4n) is 2.09. The van der Waals surface area contributed by atoms with E-state index >= 15 is 0 Å². The largest absolute Gasteiger partial charge is 0.378 e. The summed E-state index contributed by atoms with van der Waals surface area (Å²) in [4.78, 5) is 25.4. The van der Waals surface area contributed by atoms with Crippen LogP contribution in [-0.2, 0) is 16.0 Å². The number of hydrogen-bond donors (Lipinski definition) is 0. The van der Waals surface area contributed by atoms with Crippen molar-refractivity contribution in [1.29, 1.82) is 0 Å². The molecule has 1 heterocycles. The predicted octanol–water partition coefficient (Wildman–Crippen LogP) is 2.32. The van der Waals surface area contributed by atoms with Crippen molar-refractivity contribution in [2.75, 3.05) is 26.3 Å². The summed E-state index contributed by atoms with van der Waals surface area (Å²) in [6, 6.07) is 7.32. The number of hydrogen-bond acceptors (Lipinski definition) is 3. The van der Waals surface area contributed by atoms with Crippen LogP contribution in [0.5, 0.6) is 0 Å². The van der Waals surface area contributed by atoms with Crippen LogP contribution < -0.4 is 0 Å². The lowest BCUT2D eigenvalue weighted by molar-refractivity contribution is -0.116. The number of carbonyl (C=O) groups is 2. The molecule has 0 N–H and O–H groups in total. The Morgan fingerprint density at radius 3 is 2.35 bits per heavy atom. The van der Waals surface area contributed by atoms with E-state index in [0.717, 1.165) is 5.56 Å². The summed E-state index contributed by atoms with van der Waals surface area (Å²) in [5.74, 6) is 0.0624. The molecular weight excluding hydrogens is 254 g/mol. The van der Waals surface area contributed by atoms with Crippen LogP contribution in [0.3, 0.4) is 0 Å². The van der Waals surface area contributed by atoms with E-state index in [1.54, 1.807) is 11.0 Å². The number of ketones is 1. The quantitative estimate of drug-likeness (QED) is 0.852. The zero-order valence-corrected chi connectivity index (χ0v) is 12.5. The smallest absolute Gasteiger partial charge is 0.254 e. The summed E-state index contributed by atoms with van der Waals surface area (Å²) in [6.45, 7) is 7.94. The number of carbonyl (C=O) groups excluding carboxylic acids is 2. The van der Waals surface area contributed by atoms with Crippen LogP contribution in [0, 0.1) is 0 Å². The number of ether oxygens (including phenoxy) is 1. The Balaban J connectivity index is 0.000000956. The van der Waals surface area contributed by atoms with E-state index in [0.29, 0.717) is 38.3 Å². The summed E-state index contributed by atoms with van der Waals surface area (Å²) in [7, 11) is 0. The van der Waals surface area contributed by atoms with E-state index in [9.17, 15) is 9.59 Å². The molecule has 110 valence electrons. The van der Waals surface area contributed by atoms with Crippen molar-refractivity contribution in [3.63, 3.8) is 0 Å². The Hall–Kier alpha value is -1.68. The minimum Gasteiger partial charge on any atom is -0.378 e. The van der Waals surface area contributed by atoms with Gasteiger partial charge in [-0.25, -0.2) is 0 Å². The average Bonchev–Trinajstić information content (AvgIpc) is 2.49. The van der Waals surface area contributed by atoms with Gasteiger partial charge in [0.1, 0.15) is 5.78 Å². The molecule has 1 amide bonds. The number of rotatable bonds is 3. The van der Waals surface area contributed by atoms with Gasteiger partial charge in [-0.15, -0.1) is 0 Å².